The molecule has 0 amide bonds. The maximum Gasteiger partial charge on any atom is 0.309 e. The van der Waals surface area contributed by atoms with Crippen molar-refractivity contribution >= 4 is 5.97 Å². The van der Waals surface area contributed by atoms with Crippen LogP contribution in [-0.4, -0.2) is 11.1 Å². The Balaban J connectivity index is 1.88. The Hall–Kier alpha value is -0.530. The molecule has 80 valence electrons. The first kappa shape index (κ1) is 10.0. The second-order valence-corrected chi connectivity index (χ2v) is 5.43. The first-order valence-electron chi connectivity index (χ1n) is 5.86. The number of rotatable bonds is 3. The van der Waals surface area contributed by atoms with Crippen LogP contribution in [0.1, 0.15) is 51.9 Å². The molecule has 0 bridgehead atoms. The van der Waals surface area contributed by atoms with E-state index in [0.29, 0.717) is 5.92 Å². The van der Waals surface area contributed by atoms with Crippen LogP contribution in [0.3, 0.4) is 0 Å². The fourth-order valence-electron chi connectivity index (χ4n) is 2.95. The number of hydrogen-bond acceptors (Lipinski definition) is 1. The van der Waals surface area contributed by atoms with Gasteiger partial charge in [0, 0.05) is 0 Å². The van der Waals surface area contributed by atoms with Crippen LogP contribution in [-0.2, 0) is 4.79 Å². The van der Waals surface area contributed by atoms with Gasteiger partial charge in [-0.3, -0.25) is 4.79 Å². The third kappa shape index (κ3) is 1.94. The molecule has 2 saturated carbocycles. The van der Waals surface area contributed by atoms with Crippen molar-refractivity contribution in [3.8, 4) is 0 Å². The lowest BCUT2D eigenvalue weighted by molar-refractivity contribution is -0.144. The Morgan fingerprint density at radius 2 is 2.14 bits per heavy atom. The van der Waals surface area contributed by atoms with Gasteiger partial charge in [0.25, 0.3) is 0 Å². The van der Waals surface area contributed by atoms with Gasteiger partial charge in [-0.2, -0.15) is 0 Å². The van der Waals surface area contributed by atoms with Crippen LogP contribution < -0.4 is 0 Å². The van der Waals surface area contributed by atoms with Crippen molar-refractivity contribution < 1.29 is 9.90 Å². The highest BCUT2D eigenvalue weighted by atomic mass is 16.4. The van der Waals surface area contributed by atoms with Crippen molar-refractivity contribution in [2.45, 2.75) is 51.9 Å². The molecule has 0 aromatic heterocycles. The summed E-state index contributed by atoms with van der Waals surface area (Å²) in [6.45, 7) is 2.30. The molecular weight excluding hydrogens is 176 g/mol. The molecule has 1 N–H and O–H groups in total. The van der Waals surface area contributed by atoms with Crippen molar-refractivity contribution in [2.24, 2.45) is 17.3 Å². The summed E-state index contributed by atoms with van der Waals surface area (Å²) in [4.78, 5) is 11.0. The largest absolute Gasteiger partial charge is 0.481 e. The Kier molecular flexibility index (Phi) is 2.54. The zero-order chi connectivity index (χ0) is 10.2. The molecule has 0 spiro atoms. The van der Waals surface area contributed by atoms with E-state index in [0.717, 1.165) is 25.2 Å². The number of carbonyl (C=O) groups is 1. The molecule has 0 aliphatic heterocycles. The summed E-state index contributed by atoms with van der Waals surface area (Å²) in [5, 5.41) is 9.10. The van der Waals surface area contributed by atoms with Crippen LogP contribution in [0.15, 0.2) is 0 Å². The van der Waals surface area contributed by atoms with Gasteiger partial charge in [-0.15, -0.1) is 0 Å². The molecule has 2 rings (SSSR count). The standard InChI is InChI=1S/C12H20O2/c1-9-3-2-4-10(7-9)8-12(5-6-12)11(13)14/h9-10H,2-8H2,1H3,(H,13,14). The minimum Gasteiger partial charge on any atom is -0.481 e. The topological polar surface area (TPSA) is 37.3 Å². The van der Waals surface area contributed by atoms with E-state index < -0.39 is 5.97 Å². The van der Waals surface area contributed by atoms with E-state index in [1.807, 2.05) is 0 Å². The van der Waals surface area contributed by atoms with Crippen LogP contribution in [0.4, 0.5) is 0 Å². The molecule has 0 radical (unpaired) electrons. The minimum atomic E-state index is -0.546. The first-order chi connectivity index (χ1) is 6.62. The van der Waals surface area contributed by atoms with Gasteiger partial charge in [-0.05, 0) is 37.5 Å². The van der Waals surface area contributed by atoms with Gasteiger partial charge in [0.1, 0.15) is 0 Å². The van der Waals surface area contributed by atoms with E-state index in [4.69, 9.17) is 5.11 Å². The molecular formula is C12H20O2. The highest BCUT2D eigenvalue weighted by molar-refractivity contribution is 5.77. The van der Waals surface area contributed by atoms with E-state index in [2.05, 4.69) is 6.92 Å². The molecule has 2 unspecified atom stereocenters. The Bertz CT molecular complexity index is 230. The third-order valence-electron chi connectivity index (χ3n) is 4.03. The van der Waals surface area contributed by atoms with E-state index in [1.54, 1.807) is 0 Å². The number of carboxylic acid groups (broad SMARTS) is 1. The molecule has 0 aromatic rings. The second kappa shape index (κ2) is 3.56. The highest BCUT2D eigenvalue weighted by Gasteiger charge is 2.51. The fourth-order valence-corrected chi connectivity index (χ4v) is 2.95. The Morgan fingerprint density at radius 3 is 2.64 bits per heavy atom. The lowest BCUT2D eigenvalue weighted by atomic mass is 9.77. The lowest BCUT2D eigenvalue weighted by Gasteiger charge is -2.28. The molecule has 0 aromatic carbocycles. The number of hydrogen-bond donors (Lipinski definition) is 1. The second-order valence-electron chi connectivity index (χ2n) is 5.43. The van der Waals surface area contributed by atoms with Crippen molar-refractivity contribution in [3.05, 3.63) is 0 Å². The predicted octanol–water partition coefficient (Wildman–Crippen LogP) is 3.07. The molecule has 2 aliphatic carbocycles. The van der Waals surface area contributed by atoms with Crippen molar-refractivity contribution in [1.82, 2.24) is 0 Å². The van der Waals surface area contributed by atoms with Gasteiger partial charge in [-0.1, -0.05) is 26.2 Å². The van der Waals surface area contributed by atoms with E-state index >= 15 is 0 Å². The maximum absolute atomic E-state index is 11.0. The molecule has 0 heterocycles. The molecule has 2 nitrogen and oxygen atoms in total. The smallest absolute Gasteiger partial charge is 0.309 e. The summed E-state index contributed by atoms with van der Waals surface area (Å²) in [6, 6.07) is 0. The maximum atomic E-state index is 11.0. The predicted molar refractivity (Wildman–Crippen MR) is 55.0 cm³/mol. The fraction of sp³-hybridized carbons (Fsp3) is 0.917. The van der Waals surface area contributed by atoms with Crippen molar-refractivity contribution in [1.29, 1.82) is 0 Å². The highest BCUT2D eigenvalue weighted by Crippen LogP contribution is 2.53. The van der Waals surface area contributed by atoms with Gasteiger partial charge in [0.15, 0.2) is 0 Å². The minimum absolute atomic E-state index is 0.290. The summed E-state index contributed by atoms with van der Waals surface area (Å²) < 4.78 is 0. The van der Waals surface area contributed by atoms with Gasteiger partial charge < -0.3 is 5.11 Å². The first-order valence-corrected chi connectivity index (χ1v) is 5.86. The summed E-state index contributed by atoms with van der Waals surface area (Å²) >= 11 is 0. The molecule has 0 saturated heterocycles. The van der Waals surface area contributed by atoms with Crippen molar-refractivity contribution in [2.75, 3.05) is 0 Å². The number of carboxylic acids is 1. The quantitative estimate of drug-likeness (QED) is 0.753. The van der Waals surface area contributed by atoms with Crippen LogP contribution in [0, 0.1) is 17.3 Å². The molecule has 2 aliphatic rings. The molecule has 2 heteroatoms. The van der Waals surface area contributed by atoms with E-state index in [1.165, 1.54) is 25.7 Å². The normalized spacial score (nSPS) is 35.2. The molecule has 2 atom stereocenters. The zero-order valence-corrected chi connectivity index (χ0v) is 8.96. The van der Waals surface area contributed by atoms with Crippen LogP contribution in [0.2, 0.25) is 0 Å². The van der Waals surface area contributed by atoms with E-state index in [-0.39, 0.29) is 5.41 Å². The monoisotopic (exact) mass is 196 g/mol. The average molecular weight is 196 g/mol. The van der Waals surface area contributed by atoms with Gasteiger partial charge in [0.05, 0.1) is 5.41 Å². The van der Waals surface area contributed by atoms with Crippen LogP contribution in [0.5, 0.6) is 0 Å². The number of aliphatic carboxylic acids is 1. The van der Waals surface area contributed by atoms with Gasteiger partial charge in [-0.25, -0.2) is 0 Å². The lowest BCUT2D eigenvalue weighted by Crippen LogP contribution is -2.22. The average Bonchev–Trinajstić information content (AvgIpc) is 2.85. The SMILES string of the molecule is CC1CCCC(CC2(C(=O)O)CC2)C1. The van der Waals surface area contributed by atoms with Crippen molar-refractivity contribution in [3.63, 3.8) is 0 Å². The van der Waals surface area contributed by atoms with Crippen LogP contribution in [0.25, 0.3) is 0 Å². The van der Waals surface area contributed by atoms with Crippen LogP contribution >= 0.6 is 0 Å². The molecule has 14 heavy (non-hydrogen) atoms. The summed E-state index contributed by atoms with van der Waals surface area (Å²) in [5.74, 6) is 0.964. The summed E-state index contributed by atoms with van der Waals surface area (Å²) in [6.07, 6.45) is 7.97. The Labute approximate surface area is 85.7 Å². The third-order valence-corrected chi connectivity index (χ3v) is 4.03. The summed E-state index contributed by atoms with van der Waals surface area (Å²) in [7, 11) is 0. The Morgan fingerprint density at radius 1 is 1.43 bits per heavy atom. The van der Waals surface area contributed by atoms with Gasteiger partial charge >= 0.3 is 5.97 Å². The zero-order valence-electron chi connectivity index (χ0n) is 8.96. The van der Waals surface area contributed by atoms with Gasteiger partial charge in [0.2, 0.25) is 0 Å². The molecule has 2 fully saturated rings. The van der Waals surface area contributed by atoms with E-state index in [9.17, 15) is 4.79 Å². The summed E-state index contributed by atoms with van der Waals surface area (Å²) in [5.41, 5.74) is -0.290.